The van der Waals surface area contributed by atoms with Crippen molar-refractivity contribution >= 4 is 11.7 Å². The molecule has 0 saturated heterocycles. The Hall–Kier alpha value is -3.20. The van der Waals surface area contributed by atoms with Crippen LogP contribution < -0.4 is 14.8 Å². The molecule has 33 heavy (non-hydrogen) atoms. The first kappa shape index (κ1) is 24.4. The van der Waals surface area contributed by atoms with Gasteiger partial charge in [-0.15, -0.1) is 0 Å². The molecule has 0 fully saturated rings. The van der Waals surface area contributed by atoms with Crippen LogP contribution in [0, 0.1) is 0 Å². The van der Waals surface area contributed by atoms with Gasteiger partial charge in [0.25, 0.3) is 0 Å². The summed E-state index contributed by atoms with van der Waals surface area (Å²) in [7, 11) is 4.39. The monoisotopic (exact) mass is 465 g/mol. The first-order chi connectivity index (χ1) is 15.7. The number of fused-ring (bicyclic) bond motifs is 1. The summed E-state index contributed by atoms with van der Waals surface area (Å²) in [5, 5.41) is 3.06. The van der Waals surface area contributed by atoms with E-state index in [1.165, 1.54) is 20.3 Å². The summed E-state index contributed by atoms with van der Waals surface area (Å²) in [6.07, 6.45) is -2.27. The normalized spacial score (nSPS) is 15.4. The quantitative estimate of drug-likeness (QED) is 0.448. The second-order valence-corrected chi connectivity index (χ2v) is 7.38. The van der Waals surface area contributed by atoms with Gasteiger partial charge in [0.1, 0.15) is 17.1 Å². The molecule has 0 spiro atoms. The molecular formula is C24H26F3NO5. The first-order valence-corrected chi connectivity index (χ1v) is 10.3. The minimum Gasteiger partial charge on any atom is -0.496 e. The fourth-order valence-corrected chi connectivity index (χ4v) is 3.84. The number of carbonyl (C=O) groups excluding carboxylic acids is 1. The van der Waals surface area contributed by atoms with Crippen molar-refractivity contribution in [1.29, 1.82) is 0 Å². The van der Waals surface area contributed by atoms with Crippen molar-refractivity contribution < 1.29 is 36.9 Å². The SMILES string of the molecule is CCOC(=O)c1ccc([C@@H]2C=C(NC)c3cc(OC)c(C(F)(F)F)cc3C2)cc1OCOC. The van der Waals surface area contributed by atoms with E-state index in [0.29, 0.717) is 23.2 Å². The van der Waals surface area contributed by atoms with Crippen LogP contribution in [0.4, 0.5) is 13.2 Å². The molecule has 1 atom stereocenters. The van der Waals surface area contributed by atoms with Crippen molar-refractivity contribution in [1.82, 2.24) is 5.32 Å². The minimum absolute atomic E-state index is 0.0737. The summed E-state index contributed by atoms with van der Waals surface area (Å²) in [5.41, 5.74) is 2.07. The Morgan fingerprint density at radius 1 is 1.15 bits per heavy atom. The number of halogens is 3. The van der Waals surface area contributed by atoms with Crippen LogP contribution in [0.3, 0.4) is 0 Å². The summed E-state index contributed by atoms with van der Waals surface area (Å²) in [6, 6.07) is 7.59. The van der Waals surface area contributed by atoms with Gasteiger partial charge in [-0.25, -0.2) is 4.79 Å². The van der Waals surface area contributed by atoms with Gasteiger partial charge in [0, 0.05) is 31.3 Å². The zero-order valence-electron chi connectivity index (χ0n) is 18.8. The number of alkyl halides is 3. The molecule has 0 heterocycles. The number of nitrogens with one attached hydrogen (secondary N) is 1. The van der Waals surface area contributed by atoms with Crippen LogP contribution >= 0.6 is 0 Å². The number of hydrogen-bond acceptors (Lipinski definition) is 6. The average molecular weight is 465 g/mol. The summed E-state index contributed by atoms with van der Waals surface area (Å²) in [6.45, 7) is 1.84. The summed E-state index contributed by atoms with van der Waals surface area (Å²) in [4.78, 5) is 12.3. The lowest BCUT2D eigenvalue weighted by Crippen LogP contribution is -2.18. The average Bonchev–Trinajstić information content (AvgIpc) is 2.80. The van der Waals surface area contributed by atoms with Gasteiger partial charge in [0.15, 0.2) is 6.79 Å². The molecule has 178 valence electrons. The molecule has 6 nitrogen and oxygen atoms in total. The van der Waals surface area contributed by atoms with E-state index in [9.17, 15) is 18.0 Å². The van der Waals surface area contributed by atoms with E-state index >= 15 is 0 Å². The Morgan fingerprint density at radius 3 is 2.52 bits per heavy atom. The molecule has 2 aromatic carbocycles. The van der Waals surface area contributed by atoms with Gasteiger partial charge in [-0.1, -0.05) is 12.1 Å². The number of ether oxygens (including phenoxy) is 4. The van der Waals surface area contributed by atoms with Gasteiger partial charge in [-0.2, -0.15) is 13.2 Å². The first-order valence-electron chi connectivity index (χ1n) is 10.3. The molecule has 0 aromatic heterocycles. The second kappa shape index (κ2) is 10.2. The van der Waals surface area contributed by atoms with E-state index < -0.39 is 17.7 Å². The van der Waals surface area contributed by atoms with E-state index in [1.807, 2.05) is 6.08 Å². The molecule has 2 aromatic rings. The van der Waals surface area contributed by atoms with Crippen LogP contribution in [0.25, 0.3) is 5.70 Å². The summed E-state index contributed by atoms with van der Waals surface area (Å²) >= 11 is 0. The molecule has 0 aliphatic heterocycles. The van der Waals surface area contributed by atoms with Crippen molar-refractivity contribution in [2.24, 2.45) is 0 Å². The van der Waals surface area contributed by atoms with Crippen molar-refractivity contribution in [2.45, 2.75) is 25.4 Å². The highest BCUT2D eigenvalue weighted by Crippen LogP contribution is 2.43. The molecule has 0 unspecified atom stereocenters. The number of carbonyl (C=O) groups is 1. The molecule has 1 aliphatic rings. The molecule has 0 radical (unpaired) electrons. The van der Waals surface area contributed by atoms with Gasteiger partial charge < -0.3 is 24.3 Å². The number of esters is 1. The van der Waals surface area contributed by atoms with Crippen molar-refractivity contribution in [3.8, 4) is 11.5 Å². The van der Waals surface area contributed by atoms with Gasteiger partial charge in [0.2, 0.25) is 0 Å². The maximum absolute atomic E-state index is 13.6. The fraction of sp³-hybridized carbons (Fsp3) is 0.375. The highest BCUT2D eigenvalue weighted by Gasteiger charge is 2.36. The van der Waals surface area contributed by atoms with Crippen molar-refractivity contribution in [2.75, 3.05) is 34.7 Å². The third kappa shape index (κ3) is 5.24. The largest absolute Gasteiger partial charge is 0.496 e. The highest BCUT2D eigenvalue weighted by atomic mass is 19.4. The van der Waals surface area contributed by atoms with Crippen molar-refractivity contribution in [3.05, 3.63) is 64.2 Å². The van der Waals surface area contributed by atoms with E-state index in [4.69, 9.17) is 18.9 Å². The molecule has 3 rings (SSSR count). The number of benzene rings is 2. The lowest BCUT2D eigenvalue weighted by molar-refractivity contribution is -0.138. The number of rotatable bonds is 8. The fourth-order valence-electron chi connectivity index (χ4n) is 3.84. The number of allylic oxidation sites excluding steroid dienone is 1. The Bertz CT molecular complexity index is 1050. The summed E-state index contributed by atoms with van der Waals surface area (Å²) < 4.78 is 61.4. The van der Waals surface area contributed by atoms with E-state index in [2.05, 4.69) is 5.32 Å². The van der Waals surface area contributed by atoms with Crippen LogP contribution in [0.2, 0.25) is 0 Å². The zero-order valence-corrected chi connectivity index (χ0v) is 18.8. The van der Waals surface area contributed by atoms with Crippen molar-refractivity contribution in [3.63, 3.8) is 0 Å². The second-order valence-electron chi connectivity index (χ2n) is 7.38. The molecule has 1 N–H and O–H groups in total. The molecule has 9 heteroatoms. The van der Waals surface area contributed by atoms with E-state index in [-0.39, 0.29) is 36.4 Å². The minimum atomic E-state index is -4.54. The van der Waals surface area contributed by atoms with E-state index in [0.717, 1.165) is 11.6 Å². The summed E-state index contributed by atoms with van der Waals surface area (Å²) in [5.74, 6) is -0.730. The number of hydrogen-bond donors (Lipinski definition) is 1. The predicted octanol–water partition coefficient (Wildman–Crippen LogP) is 4.77. The molecule has 0 saturated carbocycles. The van der Waals surface area contributed by atoms with Crippen LogP contribution in [-0.2, 0) is 22.1 Å². The molecule has 1 aliphatic carbocycles. The van der Waals surface area contributed by atoms with Crippen LogP contribution in [0.1, 0.15) is 45.5 Å². The highest BCUT2D eigenvalue weighted by molar-refractivity contribution is 5.92. The number of methoxy groups -OCH3 is 2. The van der Waals surface area contributed by atoms with Crippen LogP contribution in [0.5, 0.6) is 11.5 Å². The Balaban J connectivity index is 2.05. The molecular weight excluding hydrogens is 439 g/mol. The van der Waals surface area contributed by atoms with Gasteiger partial charge in [-0.3, -0.25) is 0 Å². The third-order valence-corrected chi connectivity index (χ3v) is 5.36. The smallest absolute Gasteiger partial charge is 0.419 e. The Kier molecular flexibility index (Phi) is 7.53. The van der Waals surface area contributed by atoms with Crippen LogP contribution in [0.15, 0.2) is 36.4 Å². The van der Waals surface area contributed by atoms with Crippen LogP contribution in [-0.4, -0.2) is 40.6 Å². The Labute approximate surface area is 190 Å². The third-order valence-electron chi connectivity index (χ3n) is 5.36. The van der Waals surface area contributed by atoms with Gasteiger partial charge in [-0.05, 0) is 48.7 Å². The molecule has 0 bridgehead atoms. The zero-order chi connectivity index (χ0) is 24.2. The topological polar surface area (TPSA) is 66.0 Å². The Morgan fingerprint density at radius 2 is 1.91 bits per heavy atom. The standard InChI is InChI=1S/C24H26F3NO5/c1-5-32-23(29)17-7-6-14(11-21(17)33-13-30-3)15-8-16-9-19(24(25,26)27)22(31-4)12-18(16)20(10-15)28-2/h6-7,9-12,15,28H,5,8,13H2,1-4H3/t15-/m0/s1. The molecule has 0 amide bonds. The lowest BCUT2D eigenvalue weighted by atomic mass is 9.82. The maximum atomic E-state index is 13.6. The van der Waals surface area contributed by atoms with E-state index in [1.54, 1.807) is 32.2 Å². The maximum Gasteiger partial charge on any atom is 0.419 e. The predicted molar refractivity (Wildman–Crippen MR) is 116 cm³/mol. The van der Waals surface area contributed by atoms with Gasteiger partial charge in [0.05, 0.1) is 19.3 Å². The lowest BCUT2D eigenvalue weighted by Gasteiger charge is -2.27. The van der Waals surface area contributed by atoms with Gasteiger partial charge >= 0.3 is 12.1 Å².